The first kappa shape index (κ1) is 27.3. The minimum atomic E-state index is 1.08. The first-order valence-corrected chi connectivity index (χ1v) is 14.0. The first-order chi connectivity index (χ1) is 19.1. The summed E-state index contributed by atoms with van der Waals surface area (Å²) in [6, 6.07) is 26.2. The summed E-state index contributed by atoms with van der Waals surface area (Å²) in [5.41, 5.74) is 15.1. The van der Waals surface area contributed by atoms with Gasteiger partial charge in [-0.1, -0.05) is 41.5 Å². The van der Waals surface area contributed by atoms with Crippen LogP contribution < -0.4 is 0 Å². The van der Waals surface area contributed by atoms with Gasteiger partial charge in [-0.3, -0.25) is 9.97 Å². The van der Waals surface area contributed by atoms with Crippen molar-refractivity contribution in [3.8, 4) is 22.5 Å². The maximum atomic E-state index is 4.65. The van der Waals surface area contributed by atoms with Gasteiger partial charge in [-0.2, -0.15) is 0 Å². The van der Waals surface area contributed by atoms with Crippen LogP contribution in [-0.4, -0.2) is 9.97 Å². The van der Waals surface area contributed by atoms with Crippen molar-refractivity contribution >= 4 is 21.5 Å². The Morgan fingerprint density at radius 3 is 1.50 bits per heavy atom. The van der Waals surface area contributed by atoms with Crippen LogP contribution in [0.5, 0.6) is 0 Å². The Balaban J connectivity index is 0.000000161. The highest BCUT2D eigenvalue weighted by molar-refractivity contribution is 5.96. The van der Waals surface area contributed by atoms with Gasteiger partial charge in [0.15, 0.2) is 0 Å². The fourth-order valence-corrected chi connectivity index (χ4v) is 5.40. The standard InChI is InChI=1S/2C19H19N/c1-12-5-6-16-7-8-20-19(18(16)9-12)17-10-13(2)15(4)14(3)11-17;1-12-5-6-16-7-8-20-19(18(16)9-12)17-11-14(3)13(2)10-15(17)4/h2*5-11H,1-4H3. The third kappa shape index (κ3) is 5.40. The SMILES string of the molecule is Cc1ccc2ccnc(-c3cc(C)c(C)c(C)c3)c2c1.Cc1ccc2ccnc(-c3cc(C)c(C)cc3C)c2c1. The van der Waals surface area contributed by atoms with Crippen LogP contribution in [0.25, 0.3) is 44.1 Å². The van der Waals surface area contributed by atoms with Gasteiger partial charge in [-0.15, -0.1) is 0 Å². The van der Waals surface area contributed by atoms with Crippen molar-refractivity contribution in [1.82, 2.24) is 9.97 Å². The molecule has 0 radical (unpaired) electrons. The number of benzene rings is 4. The zero-order valence-corrected chi connectivity index (χ0v) is 25.0. The molecule has 0 bridgehead atoms. The van der Waals surface area contributed by atoms with Crippen LogP contribution >= 0.6 is 0 Å². The van der Waals surface area contributed by atoms with Crippen LogP contribution in [0.3, 0.4) is 0 Å². The average Bonchev–Trinajstić information content (AvgIpc) is 2.93. The molecular weight excluding hydrogens is 484 g/mol. The Morgan fingerprint density at radius 2 is 0.925 bits per heavy atom. The van der Waals surface area contributed by atoms with E-state index in [0.717, 1.165) is 11.4 Å². The van der Waals surface area contributed by atoms with Gasteiger partial charge in [-0.05, 0) is 142 Å². The monoisotopic (exact) mass is 522 g/mol. The minimum Gasteiger partial charge on any atom is -0.256 e. The molecule has 6 rings (SSSR count). The Bertz CT molecular complexity index is 1850. The van der Waals surface area contributed by atoms with Crippen molar-refractivity contribution in [2.75, 3.05) is 0 Å². The molecule has 200 valence electrons. The number of aromatic nitrogens is 2. The number of rotatable bonds is 2. The molecular formula is C38H38N2. The van der Waals surface area contributed by atoms with Crippen molar-refractivity contribution in [2.45, 2.75) is 55.4 Å². The van der Waals surface area contributed by atoms with E-state index < -0.39 is 0 Å². The molecule has 2 aromatic heterocycles. The molecule has 0 unspecified atom stereocenters. The fourth-order valence-electron chi connectivity index (χ4n) is 5.40. The zero-order valence-electron chi connectivity index (χ0n) is 25.0. The lowest BCUT2D eigenvalue weighted by Crippen LogP contribution is -1.92. The molecule has 0 spiro atoms. The molecule has 6 aromatic rings. The summed E-state index contributed by atoms with van der Waals surface area (Å²) in [6.07, 6.45) is 3.80. The zero-order chi connectivity index (χ0) is 28.6. The molecule has 0 N–H and O–H groups in total. The van der Waals surface area contributed by atoms with Gasteiger partial charge in [0, 0.05) is 34.3 Å². The Morgan fingerprint density at radius 1 is 0.425 bits per heavy atom. The summed E-state index contributed by atoms with van der Waals surface area (Å²) in [6.45, 7) is 17.3. The fraction of sp³-hybridized carbons (Fsp3) is 0.211. The lowest BCUT2D eigenvalue weighted by atomic mass is 9.95. The van der Waals surface area contributed by atoms with E-state index in [4.69, 9.17) is 0 Å². The van der Waals surface area contributed by atoms with E-state index in [1.807, 2.05) is 12.4 Å². The van der Waals surface area contributed by atoms with Crippen LogP contribution in [0.4, 0.5) is 0 Å². The molecule has 0 aliphatic heterocycles. The maximum Gasteiger partial charge on any atom is 0.0783 e. The molecule has 0 amide bonds. The van der Waals surface area contributed by atoms with E-state index in [1.165, 1.54) is 77.2 Å². The number of pyridine rings is 2. The molecule has 0 fully saturated rings. The van der Waals surface area contributed by atoms with E-state index >= 15 is 0 Å². The minimum absolute atomic E-state index is 1.08. The number of hydrogen-bond donors (Lipinski definition) is 0. The van der Waals surface area contributed by atoms with Crippen LogP contribution in [0.1, 0.15) is 44.5 Å². The molecule has 0 aliphatic rings. The Hall–Kier alpha value is -4.30. The van der Waals surface area contributed by atoms with Crippen molar-refractivity contribution in [1.29, 1.82) is 0 Å². The predicted molar refractivity (Wildman–Crippen MR) is 172 cm³/mol. The van der Waals surface area contributed by atoms with E-state index in [9.17, 15) is 0 Å². The van der Waals surface area contributed by atoms with Crippen molar-refractivity contribution in [3.05, 3.63) is 130 Å². The van der Waals surface area contributed by atoms with E-state index in [-0.39, 0.29) is 0 Å². The van der Waals surface area contributed by atoms with E-state index in [2.05, 4.69) is 138 Å². The molecule has 0 saturated carbocycles. The molecule has 4 aromatic carbocycles. The molecule has 2 nitrogen and oxygen atoms in total. The lowest BCUT2D eigenvalue weighted by molar-refractivity contribution is 1.25. The highest BCUT2D eigenvalue weighted by Gasteiger charge is 2.11. The third-order valence-electron chi connectivity index (χ3n) is 8.14. The summed E-state index contributed by atoms with van der Waals surface area (Å²) in [5.74, 6) is 0. The second-order valence-corrected chi connectivity index (χ2v) is 11.3. The van der Waals surface area contributed by atoms with Gasteiger partial charge in [0.2, 0.25) is 0 Å². The van der Waals surface area contributed by atoms with Crippen molar-refractivity contribution in [2.24, 2.45) is 0 Å². The maximum absolute atomic E-state index is 4.65. The first-order valence-electron chi connectivity index (χ1n) is 14.0. The van der Waals surface area contributed by atoms with Crippen molar-refractivity contribution in [3.63, 3.8) is 0 Å². The summed E-state index contributed by atoms with van der Waals surface area (Å²) >= 11 is 0. The average molecular weight is 523 g/mol. The predicted octanol–water partition coefficient (Wildman–Crippen LogP) is 10.3. The summed E-state index contributed by atoms with van der Waals surface area (Å²) in [7, 11) is 0. The Kier molecular flexibility index (Phi) is 7.54. The second kappa shape index (κ2) is 11.1. The number of fused-ring (bicyclic) bond motifs is 2. The molecule has 0 saturated heterocycles. The van der Waals surface area contributed by atoms with Gasteiger partial charge in [0.05, 0.1) is 11.4 Å². The molecule has 2 heterocycles. The lowest BCUT2D eigenvalue weighted by Gasteiger charge is -2.12. The van der Waals surface area contributed by atoms with Crippen LogP contribution in [0.2, 0.25) is 0 Å². The summed E-state index contributed by atoms with van der Waals surface area (Å²) in [5, 5.41) is 4.96. The molecule has 2 heteroatoms. The van der Waals surface area contributed by atoms with Gasteiger partial charge in [0.25, 0.3) is 0 Å². The highest BCUT2D eigenvalue weighted by atomic mass is 14.7. The molecule has 0 atom stereocenters. The quantitative estimate of drug-likeness (QED) is 0.226. The molecule has 0 aliphatic carbocycles. The Labute approximate surface area is 238 Å². The normalized spacial score (nSPS) is 11.0. The largest absolute Gasteiger partial charge is 0.256 e. The van der Waals surface area contributed by atoms with Gasteiger partial charge >= 0.3 is 0 Å². The third-order valence-corrected chi connectivity index (χ3v) is 8.14. The topological polar surface area (TPSA) is 25.8 Å². The van der Waals surface area contributed by atoms with Crippen LogP contribution in [-0.2, 0) is 0 Å². The van der Waals surface area contributed by atoms with Crippen LogP contribution in [0.15, 0.2) is 85.2 Å². The second-order valence-electron chi connectivity index (χ2n) is 11.3. The van der Waals surface area contributed by atoms with Gasteiger partial charge in [0.1, 0.15) is 0 Å². The van der Waals surface area contributed by atoms with Gasteiger partial charge < -0.3 is 0 Å². The van der Waals surface area contributed by atoms with E-state index in [1.54, 1.807) is 0 Å². The smallest absolute Gasteiger partial charge is 0.0783 e. The number of hydrogen-bond acceptors (Lipinski definition) is 2. The summed E-state index contributed by atoms with van der Waals surface area (Å²) in [4.78, 5) is 9.28. The van der Waals surface area contributed by atoms with Gasteiger partial charge in [-0.25, -0.2) is 0 Å². The highest BCUT2D eigenvalue weighted by Crippen LogP contribution is 2.32. The molecule has 40 heavy (non-hydrogen) atoms. The summed E-state index contributed by atoms with van der Waals surface area (Å²) < 4.78 is 0. The van der Waals surface area contributed by atoms with Crippen LogP contribution in [0, 0.1) is 55.4 Å². The number of nitrogens with zero attached hydrogens (tertiary/aromatic N) is 2. The van der Waals surface area contributed by atoms with Crippen molar-refractivity contribution < 1.29 is 0 Å². The van der Waals surface area contributed by atoms with E-state index in [0.29, 0.717) is 0 Å². The number of aryl methyl sites for hydroxylation is 7.